The third kappa shape index (κ3) is 3.83. The molecule has 5 heteroatoms. The second kappa shape index (κ2) is 6.73. The molecule has 0 aliphatic heterocycles. The van der Waals surface area contributed by atoms with Gasteiger partial charge in [-0.2, -0.15) is 5.10 Å². The maximum absolute atomic E-state index is 11.3. The summed E-state index contributed by atoms with van der Waals surface area (Å²) in [5, 5.41) is 4.78. The van der Waals surface area contributed by atoms with Crippen molar-refractivity contribution in [3.8, 4) is 0 Å². The summed E-state index contributed by atoms with van der Waals surface area (Å²) in [6.07, 6.45) is 1.66. The van der Waals surface area contributed by atoms with Gasteiger partial charge in [-0.3, -0.25) is 5.43 Å². The van der Waals surface area contributed by atoms with Crippen molar-refractivity contribution in [2.75, 3.05) is 12.5 Å². The lowest BCUT2D eigenvalue weighted by Gasteiger charge is -2.01. The number of hydrazone groups is 1. The Balaban J connectivity index is 1.97. The van der Waals surface area contributed by atoms with Gasteiger partial charge in [-0.15, -0.1) is 0 Å². The maximum atomic E-state index is 11.3. The topological polar surface area (TPSA) is 50.7 Å². The van der Waals surface area contributed by atoms with E-state index in [1.165, 1.54) is 7.11 Å². The predicted molar refractivity (Wildman–Crippen MR) is 80.5 cm³/mol. The second-order valence-corrected chi connectivity index (χ2v) is 4.43. The van der Waals surface area contributed by atoms with E-state index in [4.69, 9.17) is 11.6 Å². The number of carbonyl (C=O) groups is 1. The zero-order valence-electron chi connectivity index (χ0n) is 10.8. The van der Waals surface area contributed by atoms with Gasteiger partial charge in [-0.25, -0.2) is 4.79 Å². The first-order valence-corrected chi connectivity index (χ1v) is 6.30. The molecule has 0 bridgehead atoms. The van der Waals surface area contributed by atoms with Crippen LogP contribution in [0.3, 0.4) is 0 Å². The van der Waals surface area contributed by atoms with E-state index < -0.39 is 0 Å². The average Bonchev–Trinajstić information content (AvgIpc) is 2.49. The number of carbonyl (C=O) groups excluding carboxylic acids is 1. The summed E-state index contributed by atoms with van der Waals surface area (Å²) in [7, 11) is 1.35. The number of methoxy groups -OCH3 is 1. The van der Waals surface area contributed by atoms with E-state index in [9.17, 15) is 4.79 Å². The molecule has 2 aromatic rings. The highest BCUT2D eigenvalue weighted by Gasteiger charge is 2.03. The Kier molecular flexibility index (Phi) is 4.74. The van der Waals surface area contributed by atoms with E-state index in [-0.39, 0.29) is 5.97 Å². The third-order valence-corrected chi connectivity index (χ3v) is 2.84. The van der Waals surface area contributed by atoms with Crippen LogP contribution in [-0.4, -0.2) is 19.3 Å². The Morgan fingerprint density at radius 1 is 1.15 bits per heavy atom. The minimum atomic E-state index is -0.354. The van der Waals surface area contributed by atoms with Gasteiger partial charge in [-0.05, 0) is 42.0 Å². The molecule has 0 saturated carbocycles. The van der Waals surface area contributed by atoms with Crippen molar-refractivity contribution in [1.82, 2.24) is 0 Å². The van der Waals surface area contributed by atoms with Gasteiger partial charge in [0.2, 0.25) is 0 Å². The molecule has 0 amide bonds. The summed E-state index contributed by atoms with van der Waals surface area (Å²) in [5.41, 5.74) is 5.12. The van der Waals surface area contributed by atoms with Crippen molar-refractivity contribution >= 4 is 29.5 Å². The van der Waals surface area contributed by atoms with Gasteiger partial charge in [0, 0.05) is 5.02 Å². The zero-order chi connectivity index (χ0) is 14.4. The molecule has 0 aromatic heterocycles. The summed E-state index contributed by atoms with van der Waals surface area (Å²) in [6, 6.07) is 14.2. The van der Waals surface area contributed by atoms with Crippen molar-refractivity contribution in [3.05, 3.63) is 64.7 Å². The number of nitrogens with one attached hydrogen (secondary N) is 1. The largest absolute Gasteiger partial charge is 0.465 e. The minimum absolute atomic E-state index is 0.354. The van der Waals surface area contributed by atoms with Gasteiger partial charge >= 0.3 is 5.97 Å². The first-order valence-electron chi connectivity index (χ1n) is 5.92. The normalized spacial score (nSPS) is 10.5. The molecule has 2 aromatic carbocycles. The summed E-state index contributed by atoms with van der Waals surface area (Å²) in [4.78, 5) is 11.3. The molecule has 2 rings (SSSR count). The van der Waals surface area contributed by atoms with Gasteiger partial charge in [0.1, 0.15) is 0 Å². The number of benzene rings is 2. The number of rotatable bonds is 4. The van der Waals surface area contributed by atoms with Gasteiger partial charge in [0.05, 0.1) is 24.6 Å². The van der Waals surface area contributed by atoms with E-state index in [1.54, 1.807) is 42.6 Å². The van der Waals surface area contributed by atoms with E-state index in [2.05, 4.69) is 15.3 Å². The first-order chi connectivity index (χ1) is 9.69. The second-order valence-electron chi connectivity index (χ2n) is 3.99. The smallest absolute Gasteiger partial charge is 0.337 e. The highest BCUT2D eigenvalue weighted by atomic mass is 35.5. The number of hydrogen-bond donors (Lipinski definition) is 1. The van der Waals surface area contributed by atoms with E-state index in [0.29, 0.717) is 10.6 Å². The molecule has 4 nitrogen and oxygen atoms in total. The van der Waals surface area contributed by atoms with Crippen LogP contribution in [0.5, 0.6) is 0 Å². The van der Waals surface area contributed by atoms with Crippen LogP contribution in [0.15, 0.2) is 53.6 Å². The molecule has 102 valence electrons. The molecule has 0 unspecified atom stereocenters. The standard InChI is InChI=1S/C15H13ClN2O2/c1-20-15(19)12-4-2-11(3-5-12)10-17-18-14-8-6-13(16)7-9-14/h2-10,18H,1H3/b17-10+. The lowest BCUT2D eigenvalue weighted by molar-refractivity contribution is 0.0601. The third-order valence-electron chi connectivity index (χ3n) is 2.58. The highest BCUT2D eigenvalue weighted by molar-refractivity contribution is 6.30. The quantitative estimate of drug-likeness (QED) is 0.531. The molecule has 0 aliphatic rings. The molecule has 0 radical (unpaired) electrons. The molecule has 0 saturated heterocycles. The van der Waals surface area contributed by atoms with Crippen LogP contribution in [-0.2, 0) is 4.74 Å². The zero-order valence-corrected chi connectivity index (χ0v) is 11.6. The predicted octanol–water partition coefficient (Wildman–Crippen LogP) is 3.57. The highest BCUT2D eigenvalue weighted by Crippen LogP contribution is 2.13. The van der Waals surface area contributed by atoms with Gasteiger partial charge < -0.3 is 4.74 Å². The summed E-state index contributed by atoms with van der Waals surface area (Å²) in [5.74, 6) is -0.354. The number of ether oxygens (including phenoxy) is 1. The molecule has 0 aliphatic carbocycles. The number of esters is 1. The average molecular weight is 289 g/mol. The van der Waals surface area contributed by atoms with Gasteiger partial charge in [-0.1, -0.05) is 23.7 Å². The van der Waals surface area contributed by atoms with Gasteiger partial charge in [0.25, 0.3) is 0 Å². The molecule has 0 atom stereocenters. The number of nitrogens with zero attached hydrogens (tertiary/aromatic N) is 1. The Morgan fingerprint density at radius 3 is 2.40 bits per heavy atom. The molecule has 0 fully saturated rings. The van der Waals surface area contributed by atoms with Crippen LogP contribution in [0.4, 0.5) is 5.69 Å². The van der Waals surface area contributed by atoms with E-state index in [0.717, 1.165) is 11.3 Å². The van der Waals surface area contributed by atoms with Crippen LogP contribution in [0.2, 0.25) is 5.02 Å². The fourth-order valence-corrected chi connectivity index (χ4v) is 1.65. The summed E-state index contributed by atoms with van der Waals surface area (Å²) >= 11 is 5.79. The number of halogens is 1. The number of anilines is 1. The van der Waals surface area contributed by atoms with Crippen LogP contribution in [0.25, 0.3) is 0 Å². The Labute approximate surface area is 122 Å². The summed E-state index contributed by atoms with van der Waals surface area (Å²) in [6.45, 7) is 0. The van der Waals surface area contributed by atoms with Crippen molar-refractivity contribution in [2.45, 2.75) is 0 Å². The molecule has 0 heterocycles. The Morgan fingerprint density at radius 2 is 1.80 bits per heavy atom. The van der Waals surface area contributed by atoms with Crippen molar-refractivity contribution in [2.24, 2.45) is 5.10 Å². The molecule has 1 N–H and O–H groups in total. The van der Waals surface area contributed by atoms with E-state index in [1.807, 2.05) is 12.1 Å². The van der Waals surface area contributed by atoms with E-state index >= 15 is 0 Å². The molecule has 20 heavy (non-hydrogen) atoms. The first kappa shape index (κ1) is 14.1. The van der Waals surface area contributed by atoms with Crippen LogP contribution >= 0.6 is 11.6 Å². The SMILES string of the molecule is COC(=O)c1ccc(/C=N/Nc2ccc(Cl)cc2)cc1. The van der Waals surface area contributed by atoms with Gasteiger partial charge in [0.15, 0.2) is 0 Å². The van der Waals surface area contributed by atoms with Crippen LogP contribution in [0, 0.1) is 0 Å². The molecule has 0 spiro atoms. The lowest BCUT2D eigenvalue weighted by atomic mass is 10.1. The van der Waals surface area contributed by atoms with Crippen molar-refractivity contribution < 1.29 is 9.53 Å². The fourth-order valence-electron chi connectivity index (χ4n) is 1.53. The number of hydrogen-bond acceptors (Lipinski definition) is 4. The van der Waals surface area contributed by atoms with Crippen molar-refractivity contribution in [3.63, 3.8) is 0 Å². The monoisotopic (exact) mass is 288 g/mol. The lowest BCUT2D eigenvalue weighted by Crippen LogP contribution is -2.00. The summed E-state index contributed by atoms with van der Waals surface area (Å²) < 4.78 is 4.63. The minimum Gasteiger partial charge on any atom is -0.465 e. The fraction of sp³-hybridized carbons (Fsp3) is 0.0667. The molecular weight excluding hydrogens is 276 g/mol. The van der Waals surface area contributed by atoms with Crippen LogP contribution in [0.1, 0.15) is 15.9 Å². The molecular formula is C15H13ClN2O2. The Bertz CT molecular complexity index is 607. The maximum Gasteiger partial charge on any atom is 0.337 e. The Hall–Kier alpha value is -2.33. The van der Waals surface area contributed by atoms with Crippen molar-refractivity contribution in [1.29, 1.82) is 0 Å². The van der Waals surface area contributed by atoms with Crippen LogP contribution < -0.4 is 5.43 Å².